The van der Waals surface area contributed by atoms with Gasteiger partial charge in [0.2, 0.25) is 0 Å². The summed E-state index contributed by atoms with van der Waals surface area (Å²) in [7, 11) is 0. The van der Waals surface area contributed by atoms with Crippen molar-refractivity contribution in [3.8, 4) is 0 Å². The molecule has 0 fully saturated rings. The third kappa shape index (κ3) is 2.76. The summed E-state index contributed by atoms with van der Waals surface area (Å²) in [6, 6.07) is 1.82. The molecule has 2 aromatic heterocycles. The second-order valence-corrected chi connectivity index (χ2v) is 6.93. The molecule has 0 saturated heterocycles. The summed E-state index contributed by atoms with van der Waals surface area (Å²) in [6.45, 7) is 5.20. The standard InChI is InChI=1S/C12H15Cl2N3S/c1-12(2,18-3)7-17-10(5-13)16-9-4-8(14)6-15-11(9)17/h4,6H,5,7H2,1-3H3. The van der Waals surface area contributed by atoms with Crippen LogP contribution in [-0.4, -0.2) is 25.5 Å². The van der Waals surface area contributed by atoms with Gasteiger partial charge in [0.1, 0.15) is 11.3 Å². The van der Waals surface area contributed by atoms with Crippen LogP contribution >= 0.6 is 35.0 Å². The van der Waals surface area contributed by atoms with Crippen molar-refractivity contribution in [1.29, 1.82) is 0 Å². The second-order valence-electron chi connectivity index (χ2n) is 4.71. The van der Waals surface area contributed by atoms with Crippen molar-refractivity contribution in [3.05, 3.63) is 23.1 Å². The third-order valence-electron chi connectivity index (χ3n) is 2.84. The molecule has 3 nitrogen and oxygen atoms in total. The van der Waals surface area contributed by atoms with Gasteiger partial charge >= 0.3 is 0 Å². The zero-order valence-electron chi connectivity index (χ0n) is 10.6. The van der Waals surface area contributed by atoms with Crippen molar-refractivity contribution in [3.63, 3.8) is 0 Å². The molecule has 2 heterocycles. The van der Waals surface area contributed by atoms with Crippen LogP contribution in [0.15, 0.2) is 12.3 Å². The molecule has 0 aliphatic rings. The molecular weight excluding hydrogens is 289 g/mol. The molecule has 6 heteroatoms. The van der Waals surface area contributed by atoms with Crippen LogP contribution in [0.1, 0.15) is 19.7 Å². The molecule has 98 valence electrons. The van der Waals surface area contributed by atoms with Gasteiger partial charge < -0.3 is 4.57 Å². The zero-order valence-corrected chi connectivity index (χ0v) is 12.9. The van der Waals surface area contributed by atoms with Crippen LogP contribution in [0.25, 0.3) is 11.2 Å². The Morgan fingerprint density at radius 1 is 1.44 bits per heavy atom. The van der Waals surface area contributed by atoms with Crippen LogP contribution in [0.2, 0.25) is 5.02 Å². The summed E-state index contributed by atoms with van der Waals surface area (Å²) >= 11 is 13.7. The first-order valence-corrected chi connectivity index (χ1v) is 7.72. The highest BCUT2D eigenvalue weighted by molar-refractivity contribution is 7.99. The first-order chi connectivity index (χ1) is 8.46. The molecule has 2 aromatic rings. The average molecular weight is 304 g/mol. The highest BCUT2D eigenvalue weighted by Gasteiger charge is 2.21. The van der Waals surface area contributed by atoms with Crippen LogP contribution in [0, 0.1) is 0 Å². The van der Waals surface area contributed by atoms with Crippen molar-refractivity contribution >= 4 is 46.1 Å². The number of rotatable bonds is 4. The number of imidazole rings is 1. The molecule has 2 rings (SSSR count). The number of halogens is 2. The van der Waals surface area contributed by atoms with Gasteiger partial charge in [-0.15, -0.1) is 11.6 Å². The van der Waals surface area contributed by atoms with Crippen molar-refractivity contribution in [2.24, 2.45) is 0 Å². The van der Waals surface area contributed by atoms with E-state index in [1.54, 1.807) is 6.20 Å². The van der Waals surface area contributed by atoms with Gasteiger partial charge in [-0.05, 0) is 26.2 Å². The minimum atomic E-state index is 0.107. The molecule has 0 spiro atoms. The van der Waals surface area contributed by atoms with Gasteiger partial charge in [-0.2, -0.15) is 11.8 Å². The van der Waals surface area contributed by atoms with E-state index in [2.05, 4.69) is 34.6 Å². The fourth-order valence-corrected chi connectivity index (χ4v) is 2.36. The van der Waals surface area contributed by atoms with E-state index in [0.717, 1.165) is 23.5 Å². The quantitative estimate of drug-likeness (QED) is 0.801. The van der Waals surface area contributed by atoms with Crippen molar-refractivity contribution < 1.29 is 0 Å². The Kier molecular flexibility index (Phi) is 4.09. The number of pyridine rings is 1. The predicted octanol–water partition coefficient (Wildman–Crippen LogP) is 3.97. The molecule has 18 heavy (non-hydrogen) atoms. The minimum Gasteiger partial charge on any atom is -0.310 e. The smallest absolute Gasteiger partial charge is 0.160 e. The molecular formula is C12H15Cl2N3S. The molecule has 0 aromatic carbocycles. The molecule has 0 saturated carbocycles. The van der Waals surface area contributed by atoms with Gasteiger partial charge in [0.15, 0.2) is 5.65 Å². The number of hydrogen-bond acceptors (Lipinski definition) is 3. The lowest BCUT2D eigenvalue weighted by Gasteiger charge is -2.23. The minimum absolute atomic E-state index is 0.107. The summed E-state index contributed by atoms with van der Waals surface area (Å²) in [5.74, 6) is 1.21. The Bertz CT molecular complexity index is 566. The molecule has 0 unspecified atom stereocenters. The maximum absolute atomic E-state index is 5.96. The van der Waals surface area contributed by atoms with Crippen LogP contribution in [-0.2, 0) is 12.4 Å². The Morgan fingerprint density at radius 2 is 2.17 bits per heavy atom. The first-order valence-electron chi connectivity index (χ1n) is 5.58. The molecule has 0 aliphatic carbocycles. The number of alkyl halides is 1. The molecule has 0 atom stereocenters. The zero-order chi connectivity index (χ0) is 13.3. The fourth-order valence-electron chi connectivity index (χ4n) is 1.75. The van der Waals surface area contributed by atoms with E-state index in [1.807, 2.05) is 17.8 Å². The largest absolute Gasteiger partial charge is 0.310 e. The highest BCUT2D eigenvalue weighted by atomic mass is 35.5. The van der Waals surface area contributed by atoms with Crippen LogP contribution in [0.5, 0.6) is 0 Å². The van der Waals surface area contributed by atoms with Crippen LogP contribution in [0.4, 0.5) is 0 Å². The Balaban J connectivity index is 2.53. The van der Waals surface area contributed by atoms with Gasteiger partial charge in [-0.3, -0.25) is 0 Å². The summed E-state index contributed by atoms with van der Waals surface area (Å²) in [5.41, 5.74) is 1.65. The summed E-state index contributed by atoms with van der Waals surface area (Å²) in [5, 5.41) is 0.595. The molecule has 0 N–H and O–H groups in total. The highest BCUT2D eigenvalue weighted by Crippen LogP contribution is 2.27. The van der Waals surface area contributed by atoms with Crippen LogP contribution < -0.4 is 0 Å². The monoisotopic (exact) mass is 303 g/mol. The number of nitrogens with zero attached hydrogens (tertiary/aromatic N) is 3. The van der Waals surface area contributed by atoms with E-state index in [9.17, 15) is 0 Å². The van der Waals surface area contributed by atoms with Crippen molar-refractivity contribution in [1.82, 2.24) is 14.5 Å². The lowest BCUT2D eigenvalue weighted by Crippen LogP contribution is -2.23. The van der Waals surface area contributed by atoms with Crippen molar-refractivity contribution in [2.75, 3.05) is 6.26 Å². The third-order valence-corrected chi connectivity index (χ3v) is 4.52. The number of thioether (sulfide) groups is 1. The van der Waals surface area contributed by atoms with Gasteiger partial charge in [-0.1, -0.05) is 11.6 Å². The van der Waals surface area contributed by atoms with E-state index in [1.165, 1.54) is 0 Å². The molecule has 0 aliphatic heterocycles. The summed E-state index contributed by atoms with van der Waals surface area (Å²) < 4.78 is 2.19. The van der Waals surface area contributed by atoms with E-state index >= 15 is 0 Å². The lowest BCUT2D eigenvalue weighted by molar-refractivity contribution is 0.564. The maximum atomic E-state index is 5.96. The Hall–Kier alpha value is -0.450. The number of aromatic nitrogens is 3. The van der Waals surface area contributed by atoms with Crippen LogP contribution in [0.3, 0.4) is 0 Å². The van der Waals surface area contributed by atoms with Gasteiger partial charge in [0.25, 0.3) is 0 Å². The lowest BCUT2D eigenvalue weighted by atomic mass is 10.2. The molecule has 0 amide bonds. The fraction of sp³-hybridized carbons (Fsp3) is 0.500. The second kappa shape index (κ2) is 5.27. The summed E-state index contributed by atoms with van der Waals surface area (Å²) in [4.78, 5) is 8.85. The number of hydrogen-bond donors (Lipinski definition) is 0. The normalized spacial score (nSPS) is 12.3. The maximum Gasteiger partial charge on any atom is 0.160 e. The Morgan fingerprint density at radius 3 is 2.78 bits per heavy atom. The van der Waals surface area contributed by atoms with E-state index in [4.69, 9.17) is 23.2 Å². The van der Waals surface area contributed by atoms with E-state index in [0.29, 0.717) is 10.9 Å². The van der Waals surface area contributed by atoms with Crippen molar-refractivity contribution in [2.45, 2.75) is 31.0 Å². The topological polar surface area (TPSA) is 30.7 Å². The predicted molar refractivity (Wildman–Crippen MR) is 79.7 cm³/mol. The number of fused-ring (bicyclic) bond motifs is 1. The Labute approximate surface area is 121 Å². The van der Waals surface area contributed by atoms with E-state index < -0.39 is 0 Å². The van der Waals surface area contributed by atoms with Gasteiger partial charge in [0, 0.05) is 17.5 Å². The van der Waals surface area contributed by atoms with Gasteiger partial charge in [-0.25, -0.2) is 9.97 Å². The van der Waals surface area contributed by atoms with Gasteiger partial charge in [0.05, 0.1) is 10.9 Å². The molecule has 0 radical (unpaired) electrons. The SMILES string of the molecule is CSC(C)(C)Cn1c(CCl)nc2cc(Cl)cnc21. The average Bonchev–Trinajstić information content (AvgIpc) is 2.66. The van der Waals surface area contributed by atoms with E-state index in [-0.39, 0.29) is 4.75 Å². The summed E-state index contributed by atoms with van der Waals surface area (Å²) in [6.07, 6.45) is 3.75. The first kappa shape index (κ1) is 14.0. The molecule has 0 bridgehead atoms.